The highest BCUT2D eigenvalue weighted by Crippen LogP contribution is 2.44. The zero-order chi connectivity index (χ0) is 22.0. The van der Waals surface area contributed by atoms with Crippen molar-refractivity contribution in [1.29, 1.82) is 0 Å². The highest BCUT2D eigenvalue weighted by molar-refractivity contribution is 5.81. The second kappa shape index (κ2) is 8.55. The largest absolute Gasteiger partial charge is 0.480 e. The lowest BCUT2D eigenvalue weighted by molar-refractivity contribution is -0.139. The van der Waals surface area contributed by atoms with E-state index in [-0.39, 0.29) is 12.5 Å². The van der Waals surface area contributed by atoms with Gasteiger partial charge in [-0.3, -0.25) is 0 Å². The van der Waals surface area contributed by atoms with Gasteiger partial charge < -0.3 is 15.2 Å². The molecule has 4 rings (SSSR count). The van der Waals surface area contributed by atoms with Gasteiger partial charge in [0.1, 0.15) is 24.3 Å². The first-order chi connectivity index (χ1) is 15.0. The van der Waals surface area contributed by atoms with Crippen LogP contribution < -0.4 is 5.32 Å². The van der Waals surface area contributed by atoms with Crippen LogP contribution in [-0.2, 0) is 16.0 Å². The summed E-state index contributed by atoms with van der Waals surface area (Å²) in [5.41, 5.74) is 3.74. The van der Waals surface area contributed by atoms with E-state index in [1.165, 1.54) is 6.07 Å². The molecule has 0 fully saturated rings. The molecular formula is C24H19F2NO4. The van der Waals surface area contributed by atoms with Gasteiger partial charge in [0, 0.05) is 17.9 Å². The zero-order valence-corrected chi connectivity index (χ0v) is 16.3. The van der Waals surface area contributed by atoms with E-state index >= 15 is 0 Å². The van der Waals surface area contributed by atoms with Gasteiger partial charge in [-0.15, -0.1) is 0 Å². The fourth-order valence-corrected chi connectivity index (χ4v) is 3.91. The zero-order valence-electron chi connectivity index (χ0n) is 16.3. The number of hydrogen-bond acceptors (Lipinski definition) is 3. The third kappa shape index (κ3) is 4.12. The number of carbonyl (C=O) groups excluding carboxylic acids is 1. The van der Waals surface area contributed by atoms with Crippen LogP contribution in [0.2, 0.25) is 0 Å². The van der Waals surface area contributed by atoms with E-state index in [4.69, 9.17) is 4.74 Å². The molecule has 0 bridgehead atoms. The van der Waals surface area contributed by atoms with Crippen LogP contribution in [0, 0.1) is 11.6 Å². The molecule has 3 aromatic carbocycles. The first kappa shape index (κ1) is 20.5. The molecular weight excluding hydrogens is 404 g/mol. The number of alkyl carbamates (subject to hydrolysis) is 1. The number of aliphatic carboxylic acids is 1. The van der Waals surface area contributed by atoms with Crippen LogP contribution in [0.25, 0.3) is 11.1 Å². The van der Waals surface area contributed by atoms with Crippen molar-refractivity contribution in [3.63, 3.8) is 0 Å². The van der Waals surface area contributed by atoms with E-state index in [9.17, 15) is 23.5 Å². The van der Waals surface area contributed by atoms with E-state index in [1.807, 2.05) is 48.5 Å². The molecule has 0 radical (unpaired) electrons. The van der Waals surface area contributed by atoms with Crippen molar-refractivity contribution < 1.29 is 28.2 Å². The van der Waals surface area contributed by atoms with Crippen LogP contribution >= 0.6 is 0 Å². The topological polar surface area (TPSA) is 75.6 Å². The molecule has 31 heavy (non-hydrogen) atoms. The Bertz CT molecular complexity index is 1080. The predicted octanol–water partition coefficient (Wildman–Crippen LogP) is 4.50. The van der Waals surface area contributed by atoms with Crippen molar-refractivity contribution >= 4 is 12.1 Å². The van der Waals surface area contributed by atoms with Crippen molar-refractivity contribution in [2.45, 2.75) is 18.4 Å². The molecule has 0 saturated carbocycles. The molecule has 0 spiro atoms. The van der Waals surface area contributed by atoms with Gasteiger partial charge in [0.25, 0.3) is 0 Å². The number of carboxylic acid groups (broad SMARTS) is 1. The summed E-state index contributed by atoms with van der Waals surface area (Å²) in [4.78, 5) is 23.8. The summed E-state index contributed by atoms with van der Waals surface area (Å²) >= 11 is 0. The minimum absolute atomic E-state index is 0.000256. The molecule has 3 aromatic rings. The molecule has 1 aliphatic rings. The Hall–Kier alpha value is -3.74. The fraction of sp³-hybridized carbons (Fsp3) is 0.167. The van der Waals surface area contributed by atoms with Crippen molar-refractivity contribution in [2.75, 3.05) is 6.61 Å². The standard InChI is InChI=1S/C24H19F2NO4/c25-20-10-5-11-21(26)18(20)12-22(23(28)29)27-24(30)31-13-19-16-8-3-1-6-14(16)15-7-2-4-9-17(15)19/h1-11,19,22H,12-13H2,(H,27,30)(H,28,29). The van der Waals surface area contributed by atoms with Gasteiger partial charge in [0.15, 0.2) is 0 Å². The fourth-order valence-electron chi connectivity index (χ4n) is 3.91. The molecule has 0 aliphatic heterocycles. The molecule has 0 saturated heterocycles. The van der Waals surface area contributed by atoms with Crippen molar-refractivity contribution in [1.82, 2.24) is 5.32 Å². The highest BCUT2D eigenvalue weighted by atomic mass is 19.1. The van der Waals surface area contributed by atoms with Gasteiger partial charge in [-0.1, -0.05) is 54.6 Å². The maximum atomic E-state index is 13.9. The predicted molar refractivity (Wildman–Crippen MR) is 110 cm³/mol. The Kier molecular flexibility index (Phi) is 5.66. The summed E-state index contributed by atoms with van der Waals surface area (Å²) in [6, 6.07) is 17.3. The maximum absolute atomic E-state index is 13.9. The van der Waals surface area contributed by atoms with E-state index in [0.29, 0.717) is 0 Å². The van der Waals surface area contributed by atoms with Gasteiger partial charge in [0.05, 0.1) is 0 Å². The molecule has 0 heterocycles. The SMILES string of the molecule is O=C(NC(Cc1c(F)cccc1F)C(=O)O)OCC1c2ccccc2-c2ccccc21. The Labute approximate surface area is 177 Å². The number of amides is 1. The van der Waals surface area contributed by atoms with E-state index in [0.717, 1.165) is 34.4 Å². The molecule has 1 atom stereocenters. The summed E-state index contributed by atoms with van der Waals surface area (Å²) in [7, 11) is 0. The Morgan fingerprint density at radius 2 is 1.45 bits per heavy atom. The van der Waals surface area contributed by atoms with E-state index in [1.54, 1.807) is 0 Å². The third-order valence-electron chi connectivity index (χ3n) is 5.40. The second-order valence-electron chi connectivity index (χ2n) is 7.27. The summed E-state index contributed by atoms with van der Waals surface area (Å²) in [5.74, 6) is -3.36. The first-order valence-corrected chi connectivity index (χ1v) is 9.73. The Morgan fingerprint density at radius 3 is 2.00 bits per heavy atom. The van der Waals surface area contributed by atoms with Crippen molar-refractivity contribution in [2.24, 2.45) is 0 Å². The van der Waals surface area contributed by atoms with Gasteiger partial charge >= 0.3 is 12.1 Å². The lowest BCUT2D eigenvalue weighted by Gasteiger charge is -2.18. The average Bonchev–Trinajstić information content (AvgIpc) is 3.08. The number of hydrogen-bond donors (Lipinski definition) is 2. The minimum atomic E-state index is -1.54. The molecule has 1 amide bonds. The van der Waals surface area contributed by atoms with Gasteiger partial charge in [-0.2, -0.15) is 0 Å². The number of ether oxygens (including phenoxy) is 1. The molecule has 0 aromatic heterocycles. The number of fused-ring (bicyclic) bond motifs is 3. The Balaban J connectivity index is 1.45. The lowest BCUT2D eigenvalue weighted by atomic mass is 9.98. The highest BCUT2D eigenvalue weighted by Gasteiger charge is 2.30. The maximum Gasteiger partial charge on any atom is 0.407 e. The average molecular weight is 423 g/mol. The van der Waals surface area contributed by atoms with E-state index in [2.05, 4.69) is 5.32 Å². The molecule has 1 unspecified atom stereocenters. The van der Waals surface area contributed by atoms with Crippen LogP contribution in [0.5, 0.6) is 0 Å². The van der Waals surface area contributed by atoms with Crippen LogP contribution in [0.15, 0.2) is 66.7 Å². The van der Waals surface area contributed by atoms with Crippen molar-refractivity contribution in [3.8, 4) is 11.1 Å². The van der Waals surface area contributed by atoms with Crippen LogP contribution in [0.1, 0.15) is 22.6 Å². The van der Waals surface area contributed by atoms with Gasteiger partial charge in [0.2, 0.25) is 0 Å². The molecule has 7 heteroatoms. The first-order valence-electron chi connectivity index (χ1n) is 9.73. The number of rotatable bonds is 6. The van der Waals surface area contributed by atoms with E-state index < -0.39 is 41.7 Å². The molecule has 1 aliphatic carbocycles. The number of benzene rings is 3. The third-order valence-corrected chi connectivity index (χ3v) is 5.40. The normalized spacial score (nSPS) is 13.2. The summed E-state index contributed by atoms with van der Waals surface area (Å²) < 4.78 is 33.1. The summed E-state index contributed by atoms with van der Waals surface area (Å²) in [6.45, 7) is 0.000256. The van der Waals surface area contributed by atoms with Gasteiger partial charge in [-0.25, -0.2) is 18.4 Å². The number of carboxylic acids is 1. The summed E-state index contributed by atoms with van der Waals surface area (Å²) in [5, 5.41) is 11.6. The molecule has 5 nitrogen and oxygen atoms in total. The molecule has 158 valence electrons. The van der Waals surface area contributed by atoms with Crippen LogP contribution in [0.4, 0.5) is 13.6 Å². The number of nitrogens with one attached hydrogen (secondary N) is 1. The number of carbonyl (C=O) groups is 2. The quantitative estimate of drug-likeness (QED) is 0.612. The monoisotopic (exact) mass is 423 g/mol. The molecule has 2 N–H and O–H groups in total. The smallest absolute Gasteiger partial charge is 0.407 e. The van der Waals surface area contributed by atoms with Crippen LogP contribution in [-0.4, -0.2) is 29.8 Å². The van der Waals surface area contributed by atoms with Crippen molar-refractivity contribution in [3.05, 3.63) is 95.1 Å². The van der Waals surface area contributed by atoms with Crippen LogP contribution in [0.3, 0.4) is 0 Å². The lowest BCUT2D eigenvalue weighted by Crippen LogP contribution is -2.43. The Morgan fingerprint density at radius 1 is 0.903 bits per heavy atom. The number of halogens is 2. The van der Waals surface area contributed by atoms with Gasteiger partial charge in [-0.05, 0) is 34.4 Å². The second-order valence-corrected chi connectivity index (χ2v) is 7.27. The minimum Gasteiger partial charge on any atom is -0.480 e. The summed E-state index contributed by atoms with van der Waals surface area (Å²) in [6.07, 6.45) is -1.51.